The number of carbonyl (C=O) groups is 1. The fourth-order valence-corrected chi connectivity index (χ4v) is 4.47. The average molecular weight is 444 g/mol. The van der Waals surface area contributed by atoms with Crippen LogP contribution in [0, 0.1) is 6.92 Å². The van der Waals surface area contributed by atoms with Crippen LogP contribution in [0.25, 0.3) is 10.9 Å². The molecule has 2 aromatic heterocycles. The summed E-state index contributed by atoms with van der Waals surface area (Å²) in [7, 11) is 3.16. The Morgan fingerprint density at radius 2 is 2.19 bits per heavy atom. The summed E-state index contributed by atoms with van der Waals surface area (Å²) >= 11 is 0. The molecule has 1 aliphatic rings. The van der Waals surface area contributed by atoms with Gasteiger partial charge in [0.15, 0.2) is 0 Å². The Morgan fingerprint density at radius 3 is 2.88 bits per heavy atom. The molecule has 9 heteroatoms. The zero-order valence-electron chi connectivity index (χ0n) is 18.2. The fourth-order valence-electron chi connectivity index (χ4n) is 4.47. The van der Waals surface area contributed by atoms with Gasteiger partial charge in [-0.25, -0.2) is 18.6 Å². The molecule has 1 aromatic carbocycles. The number of aromatic nitrogens is 2. The van der Waals surface area contributed by atoms with E-state index in [4.69, 9.17) is 4.74 Å². The highest BCUT2D eigenvalue weighted by Gasteiger charge is 2.42. The number of aromatic amines is 1. The molecule has 3 heterocycles. The summed E-state index contributed by atoms with van der Waals surface area (Å²) < 4.78 is 34.5. The number of fused-ring (bicyclic) bond motifs is 1. The molecule has 0 aliphatic carbocycles. The van der Waals surface area contributed by atoms with E-state index in [0.29, 0.717) is 18.0 Å². The Labute approximate surface area is 184 Å². The van der Waals surface area contributed by atoms with Crippen LogP contribution in [-0.4, -0.2) is 52.6 Å². The highest BCUT2D eigenvalue weighted by atomic mass is 19.3. The molecule has 7 nitrogen and oxygen atoms in total. The molecule has 0 bridgehead atoms. The lowest BCUT2D eigenvalue weighted by atomic mass is 9.93. The molecule has 3 aromatic rings. The van der Waals surface area contributed by atoms with Crippen LogP contribution >= 0.6 is 0 Å². The lowest BCUT2D eigenvalue weighted by molar-refractivity contribution is -0.0823. The van der Waals surface area contributed by atoms with Gasteiger partial charge in [0, 0.05) is 55.6 Å². The van der Waals surface area contributed by atoms with Crippen LogP contribution in [0.1, 0.15) is 46.1 Å². The normalized spacial score (nSPS) is 18.6. The van der Waals surface area contributed by atoms with Gasteiger partial charge in [0.1, 0.15) is 17.1 Å². The number of pyridine rings is 1. The SMILES string of the molecule is CNc1nc(C2CC(F)(F)CCN2Cc2c(OC)cc(C)c3[nH]ccc23)ccc1C(=O)O. The van der Waals surface area contributed by atoms with E-state index in [9.17, 15) is 18.7 Å². The number of methoxy groups -OCH3 is 1. The molecule has 1 fully saturated rings. The smallest absolute Gasteiger partial charge is 0.339 e. The van der Waals surface area contributed by atoms with Crippen molar-refractivity contribution < 1.29 is 23.4 Å². The number of benzene rings is 1. The van der Waals surface area contributed by atoms with E-state index in [1.165, 1.54) is 12.1 Å². The number of anilines is 1. The zero-order chi connectivity index (χ0) is 23.0. The van der Waals surface area contributed by atoms with Gasteiger partial charge in [-0.15, -0.1) is 0 Å². The highest BCUT2D eigenvalue weighted by Crippen LogP contribution is 2.42. The van der Waals surface area contributed by atoms with E-state index < -0.39 is 17.9 Å². The number of H-pyrrole nitrogens is 1. The summed E-state index contributed by atoms with van der Waals surface area (Å²) in [6, 6.07) is 6.18. The lowest BCUT2D eigenvalue weighted by Gasteiger charge is -2.39. The number of aromatic carboxylic acids is 1. The molecule has 0 radical (unpaired) electrons. The van der Waals surface area contributed by atoms with Crippen LogP contribution in [0.4, 0.5) is 14.6 Å². The number of nitrogens with zero attached hydrogens (tertiary/aromatic N) is 2. The summed E-state index contributed by atoms with van der Waals surface area (Å²) in [4.78, 5) is 21.1. The molecule has 1 saturated heterocycles. The zero-order valence-corrected chi connectivity index (χ0v) is 18.2. The number of alkyl halides is 2. The van der Waals surface area contributed by atoms with Gasteiger partial charge < -0.3 is 20.1 Å². The molecule has 0 amide bonds. The van der Waals surface area contributed by atoms with Crippen molar-refractivity contribution in [3.63, 3.8) is 0 Å². The summed E-state index contributed by atoms with van der Waals surface area (Å²) in [6.07, 6.45) is 1.22. The van der Waals surface area contributed by atoms with Crippen molar-refractivity contribution in [3.05, 3.63) is 52.8 Å². The number of hydrogen-bond acceptors (Lipinski definition) is 5. The quantitative estimate of drug-likeness (QED) is 0.515. The Morgan fingerprint density at radius 1 is 1.41 bits per heavy atom. The monoisotopic (exact) mass is 444 g/mol. The summed E-state index contributed by atoms with van der Waals surface area (Å²) in [5.74, 6) is -3.09. The van der Waals surface area contributed by atoms with Crippen LogP contribution in [0.3, 0.4) is 0 Å². The summed E-state index contributed by atoms with van der Waals surface area (Å²) in [5.41, 5.74) is 3.35. The van der Waals surface area contributed by atoms with Crippen molar-refractivity contribution in [3.8, 4) is 5.75 Å². The average Bonchev–Trinajstić information content (AvgIpc) is 3.26. The topological polar surface area (TPSA) is 90.5 Å². The Bertz CT molecular complexity index is 1160. The van der Waals surface area contributed by atoms with E-state index in [1.54, 1.807) is 14.2 Å². The predicted octanol–water partition coefficient (Wildman–Crippen LogP) is 4.59. The first-order valence-corrected chi connectivity index (χ1v) is 10.4. The van der Waals surface area contributed by atoms with E-state index in [1.807, 2.05) is 30.2 Å². The fraction of sp³-hybridized carbons (Fsp3) is 0.391. The molecule has 1 unspecified atom stereocenters. The Hall–Kier alpha value is -3.20. The number of likely N-dealkylation sites (tertiary alicyclic amines) is 1. The number of carboxylic acids is 1. The van der Waals surface area contributed by atoms with E-state index >= 15 is 0 Å². The number of piperidine rings is 1. The summed E-state index contributed by atoms with van der Waals surface area (Å²) in [5, 5.41) is 13.1. The maximum absolute atomic E-state index is 14.5. The molecule has 1 atom stereocenters. The second kappa shape index (κ2) is 8.38. The predicted molar refractivity (Wildman–Crippen MR) is 118 cm³/mol. The van der Waals surface area contributed by atoms with Crippen molar-refractivity contribution in [2.24, 2.45) is 0 Å². The number of rotatable bonds is 6. The first-order chi connectivity index (χ1) is 15.2. The summed E-state index contributed by atoms with van der Waals surface area (Å²) in [6.45, 7) is 2.57. The third-order valence-corrected chi connectivity index (χ3v) is 6.12. The van der Waals surface area contributed by atoms with Crippen LogP contribution in [0.15, 0.2) is 30.5 Å². The van der Waals surface area contributed by atoms with Gasteiger partial charge in [0.2, 0.25) is 0 Å². The minimum absolute atomic E-state index is 0.000366. The number of carboxylic acid groups (broad SMARTS) is 1. The van der Waals surface area contributed by atoms with Crippen molar-refractivity contribution >= 4 is 22.7 Å². The van der Waals surface area contributed by atoms with Crippen LogP contribution in [-0.2, 0) is 6.54 Å². The lowest BCUT2D eigenvalue weighted by Crippen LogP contribution is -2.42. The molecule has 32 heavy (non-hydrogen) atoms. The largest absolute Gasteiger partial charge is 0.496 e. The maximum atomic E-state index is 14.5. The minimum atomic E-state index is -2.82. The second-order valence-electron chi connectivity index (χ2n) is 8.12. The van der Waals surface area contributed by atoms with E-state index in [0.717, 1.165) is 22.0 Å². The van der Waals surface area contributed by atoms with Gasteiger partial charge in [-0.05, 0) is 36.8 Å². The van der Waals surface area contributed by atoms with Gasteiger partial charge in [0.25, 0.3) is 5.92 Å². The van der Waals surface area contributed by atoms with Gasteiger partial charge in [0.05, 0.1) is 18.8 Å². The third-order valence-electron chi connectivity index (χ3n) is 6.12. The standard InChI is InChI=1S/C23H26F2N4O3/c1-13-10-19(32-3)16(14-6-8-27-20(13)14)12-29-9-7-23(24,25)11-18(29)17-5-4-15(22(30)31)21(26-2)28-17/h4-6,8,10,18,27H,7,9,11-12H2,1-3H3,(H,26,28)(H,30,31). The number of hydrogen-bond donors (Lipinski definition) is 3. The molecule has 170 valence electrons. The number of nitrogens with one attached hydrogen (secondary N) is 2. The number of ether oxygens (including phenoxy) is 1. The number of aryl methyl sites for hydroxylation is 1. The molecule has 4 rings (SSSR count). The molecule has 0 saturated carbocycles. The first kappa shape index (κ1) is 22.0. The number of halogens is 2. The first-order valence-electron chi connectivity index (χ1n) is 10.4. The second-order valence-corrected chi connectivity index (χ2v) is 8.12. The van der Waals surface area contributed by atoms with Crippen molar-refractivity contribution in [2.45, 2.75) is 38.3 Å². The highest BCUT2D eigenvalue weighted by molar-refractivity contribution is 5.93. The Balaban J connectivity index is 1.75. The van der Waals surface area contributed by atoms with Crippen molar-refractivity contribution in [2.75, 3.05) is 26.0 Å². The van der Waals surface area contributed by atoms with Gasteiger partial charge >= 0.3 is 5.97 Å². The molecule has 3 N–H and O–H groups in total. The van der Waals surface area contributed by atoms with Crippen molar-refractivity contribution in [1.82, 2.24) is 14.9 Å². The molecule has 1 aliphatic heterocycles. The molecule has 0 spiro atoms. The van der Waals surface area contributed by atoms with Gasteiger partial charge in [-0.3, -0.25) is 4.90 Å². The van der Waals surface area contributed by atoms with Crippen LogP contribution in [0.5, 0.6) is 5.75 Å². The van der Waals surface area contributed by atoms with Gasteiger partial charge in [-0.2, -0.15) is 0 Å². The maximum Gasteiger partial charge on any atom is 0.339 e. The van der Waals surface area contributed by atoms with Crippen LogP contribution < -0.4 is 10.1 Å². The van der Waals surface area contributed by atoms with E-state index in [-0.39, 0.29) is 30.8 Å². The van der Waals surface area contributed by atoms with Crippen molar-refractivity contribution in [1.29, 1.82) is 0 Å². The minimum Gasteiger partial charge on any atom is -0.496 e. The van der Waals surface area contributed by atoms with Crippen LogP contribution in [0.2, 0.25) is 0 Å². The molecular weight excluding hydrogens is 418 g/mol. The molecular formula is C23H26F2N4O3. The van der Waals surface area contributed by atoms with E-state index in [2.05, 4.69) is 15.3 Å². The third kappa shape index (κ3) is 4.00. The Kier molecular flexibility index (Phi) is 5.77. The van der Waals surface area contributed by atoms with Gasteiger partial charge in [-0.1, -0.05) is 0 Å².